The number of hydrogen-bond acceptors (Lipinski definition) is 8. The zero-order valence-electron chi connectivity index (χ0n) is 19.8. The van der Waals surface area contributed by atoms with E-state index in [0.717, 1.165) is 44.5 Å². The van der Waals surface area contributed by atoms with Crippen LogP contribution in [-0.2, 0) is 27.6 Å². The van der Waals surface area contributed by atoms with Crippen LogP contribution in [0, 0.1) is 0 Å². The van der Waals surface area contributed by atoms with Gasteiger partial charge in [-0.25, -0.2) is 13.2 Å². The number of thioether (sulfide) groups is 1. The maximum Gasteiger partial charge on any atom is 0.416 e. The van der Waals surface area contributed by atoms with Crippen molar-refractivity contribution in [2.45, 2.75) is 24.0 Å². The normalized spacial score (nSPS) is 14.9. The molecule has 0 aliphatic carbocycles. The summed E-state index contributed by atoms with van der Waals surface area (Å²) in [6.45, 7) is -0.349. The number of fused-ring (bicyclic) bond motifs is 2. The van der Waals surface area contributed by atoms with E-state index in [1.54, 1.807) is 17.4 Å². The molecule has 0 saturated carbocycles. The van der Waals surface area contributed by atoms with Crippen molar-refractivity contribution in [3.63, 3.8) is 0 Å². The highest BCUT2D eigenvalue weighted by molar-refractivity contribution is 8.03. The quantitative estimate of drug-likeness (QED) is 0.196. The lowest BCUT2D eigenvalue weighted by atomic mass is 10.1. The summed E-state index contributed by atoms with van der Waals surface area (Å²) in [5.74, 6) is -1.76. The Morgan fingerprint density at radius 2 is 1.95 bits per heavy atom. The molecule has 0 atom stereocenters. The molecule has 204 valence electrons. The van der Waals surface area contributed by atoms with E-state index in [9.17, 15) is 36.0 Å². The standard InChI is InChI=1S/C25H19F3N2O5S4/c26-25(27,28)16-5-7-21-18(12-16)30(14-24(31)32)23(38-21)13-22-29(8-2-10-39(33,34)35)17-11-15(4-6-20(17)37-22)19-3-1-9-36-19/h1,3-7,9,11-13H,2,8,10,14H2,(H-,31,32,33,34,35). The fourth-order valence-electron chi connectivity index (χ4n) is 4.22. The van der Waals surface area contributed by atoms with Crippen LogP contribution < -0.4 is 9.47 Å². The van der Waals surface area contributed by atoms with E-state index < -0.39 is 40.1 Å². The summed E-state index contributed by atoms with van der Waals surface area (Å²) >= 11 is 4.09. The second-order valence-corrected chi connectivity index (χ2v) is 13.2. The molecular formula is C25H19F3N2O5S4. The number of aliphatic carboxylic acids is 1. The maximum atomic E-state index is 13.4. The van der Waals surface area contributed by atoms with Gasteiger partial charge in [0.2, 0.25) is 12.1 Å². The number of carboxylic acids is 1. The zero-order chi connectivity index (χ0) is 27.9. The number of carbonyl (C=O) groups is 1. The lowest BCUT2D eigenvalue weighted by Gasteiger charge is -2.21. The Morgan fingerprint density at radius 3 is 2.62 bits per heavy atom. The number of nitrogens with zero attached hydrogens (tertiary/aromatic N) is 2. The Morgan fingerprint density at radius 1 is 1.15 bits per heavy atom. The highest BCUT2D eigenvalue weighted by atomic mass is 32.2. The summed E-state index contributed by atoms with van der Waals surface area (Å²) in [7, 11) is -4.43. The molecule has 0 spiro atoms. The Bertz CT molecular complexity index is 1700. The van der Waals surface area contributed by atoms with Crippen molar-refractivity contribution in [2.24, 2.45) is 0 Å². The van der Waals surface area contributed by atoms with Crippen LogP contribution in [-0.4, -0.2) is 36.3 Å². The number of aromatic nitrogens is 1. The van der Waals surface area contributed by atoms with E-state index in [1.165, 1.54) is 22.4 Å². The van der Waals surface area contributed by atoms with E-state index in [0.29, 0.717) is 14.7 Å². The molecule has 0 unspecified atom stereocenters. The van der Waals surface area contributed by atoms with Gasteiger partial charge in [-0.05, 0) is 47.7 Å². The van der Waals surface area contributed by atoms with Crippen LogP contribution in [0.15, 0.2) is 63.8 Å². The summed E-state index contributed by atoms with van der Waals surface area (Å²) in [4.78, 5) is 15.4. The van der Waals surface area contributed by atoms with E-state index in [4.69, 9.17) is 0 Å². The minimum atomic E-state index is -4.59. The first kappa shape index (κ1) is 27.6. The third-order valence-electron chi connectivity index (χ3n) is 5.91. The number of rotatable bonds is 8. The third kappa shape index (κ3) is 6.14. The van der Waals surface area contributed by atoms with E-state index in [-0.39, 0.29) is 18.5 Å². The molecule has 3 heterocycles. The Labute approximate surface area is 233 Å². The minimum absolute atomic E-state index is 0.0584. The van der Waals surface area contributed by atoms with Gasteiger partial charge in [0.15, 0.2) is 0 Å². The minimum Gasteiger partial charge on any atom is -0.748 e. The maximum absolute atomic E-state index is 13.4. The summed E-state index contributed by atoms with van der Waals surface area (Å²) in [6.07, 6.45) is -2.83. The van der Waals surface area contributed by atoms with Gasteiger partial charge >= 0.3 is 12.1 Å². The van der Waals surface area contributed by atoms with Gasteiger partial charge in [0.25, 0.3) is 5.01 Å². The van der Waals surface area contributed by atoms with Crippen LogP contribution in [0.5, 0.6) is 0 Å². The first-order valence-electron chi connectivity index (χ1n) is 11.4. The van der Waals surface area contributed by atoms with Gasteiger partial charge in [-0.3, -0.25) is 0 Å². The second kappa shape index (κ2) is 10.6. The molecule has 0 bridgehead atoms. The topological polar surface area (TPSA) is 102 Å². The van der Waals surface area contributed by atoms with Gasteiger partial charge in [-0.15, -0.1) is 11.3 Å². The molecule has 2 aromatic heterocycles. The molecule has 7 nitrogen and oxygen atoms in total. The molecule has 5 rings (SSSR count). The summed E-state index contributed by atoms with van der Waals surface area (Å²) in [5, 5.41) is 12.5. The molecule has 1 aliphatic rings. The number of thiazole rings is 1. The van der Waals surface area contributed by atoms with Crippen molar-refractivity contribution in [1.29, 1.82) is 0 Å². The van der Waals surface area contributed by atoms with Crippen molar-refractivity contribution in [3.05, 3.63) is 69.5 Å². The fourth-order valence-corrected chi connectivity index (χ4v) is 7.69. The molecule has 4 aromatic rings. The lowest BCUT2D eigenvalue weighted by Crippen LogP contribution is -2.39. The molecule has 2 aromatic carbocycles. The Hall–Kier alpha value is -2.91. The van der Waals surface area contributed by atoms with Gasteiger partial charge in [0.05, 0.1) is 32.5 Å². The Kier molecular flexibility index (Phi) is 7.50. The van der Waals surface area contributed by atoms with Crippen molar-refractivity contribution in [2.75, 3.05) is 17.2 Å². The molecule has 0 radical (unpaired) electrons. The molecular weight excluding hydrogens is 594 g/mol. The van der Waals surface area contributed by atoms with E-state index >= 15 is 0 Å². The van der Waals surface area contributed by atoms with E-state index in [1.807, 2.05) is 40.6 Å². The van der Waals surface area contributed by atoms with Gasteiger partial charge in [0, 0.05) is 28.1 Å². The average molecular weight is 613 g/mol. The summed E-state index contributed by atoms with van der Waals surface area (Å²) < 4.78 is 75.7. The molecule has 1 aliphatic heterocycles. The van der Waals surface area contributed by atoms with Crippen molar-refractivity contribution in [1.82, 2.24) is 0 Å². The van der Waals surface area contributed by atoms with Crippen LogP contribution in [0.3, 0.4) is 0 Å². The smallest absolute Gasteiger partial charge is 0.416 e. The Balaban J connectivity index is 1.59. The first-order valence-corrected chi connectivity index (χ1v) is 15.5. The molecule has 1 N–H and O–H groups in total. The van der Waals surface area contributed by atoms with Crippen molar-refractivity contribution >= 4 is 72.5 Å². The zero-order valence-corrected chi connectivity index (χ0v) is 23.1. The van der Waals surface area contributed by atoms with Gasteiger partial charge in [-0.2, -0.15) is 17.7 Å². The number of benzene rings is 2. The summed E-state index contributed by atoms with van der Waals surface area (Å²) in [6, 6.07) is 13.0. The number of hydrogen-bond donors (Lipinski definition) is 1. The number of halogens is 3. The van der Waals surface area contributed by atoms with Gasteiger partial charge < -0.3 is 14.6 Å². The highest BCUT2D eigenvalue weighted by Gasteiger charge is 2.34. The predicted octanol–water partition coefficient (Wildman–Crippen LogP) is 5.87. The van der Waals surface area contributed by atoms with Crippen molar-refractivity contribution in [3.8, 4) is 10.4 Å². The van der Waals surface area contributed by atoms with Crippen LogP contribution in [0.25, 0.3) is 26.7 Å². The number of alkyl halides is 3. The molecule has 0 fully saturated rings. The van der Waals surface area contributed by atoms with E-state index in [2.05, 4.69) is 0 Å². The molecule has 0 saturated heterocycles. The average Bonchev–Trinajstić information content (AvgIpc) is 3.56. The van der Waals surface area contributed by atoms with Crippen LogP contribution >= 0.6 is 34.4 Å². The van der Waals surface area contributed by atoms with Gasteiger partial charge in [-0.1, -0.05) is 35.2 Å². The van der Waals surface area contributed by atoms with Crippen LogP contribution in [0.1, 0.15) is 17.0 Å². The van der Waals surface area contributed by atoms with Crippen molar-refractivity contribution < 1.29 is 40.6 Å². The molecule has 14 heteroatoms. The van der Waals surface area contributed by atoms with Crippen LogP contribution in [0.4, 0.5) is 18.9 Å². The molecule has 39 heavy (non-hydrogen) atoms. The fraction of sp³-hybridized carbons (Fsp3) is 0.200. The lowest BCUT2D eigenvalue weighted by molar-refractivity contribution is -0.657. The third-order valence-corrected chi connectivity index (χ3v) is 9.84. The largest absolute Gasteiger partial charge is 0.748 e. The van der Waals surface area contributed by atoms with Gasteiger partial charge in [0.1, 0.15) is 4.70 Å². The summed E-state index contributed by atoms with van der Waals surface area (Å²) in [5.41, 5.74) is 1.02. The molecule has 0 amide bonds. The predicted molar refractivity (Wildman–Crippen MR) is 145 cm³/mol. The number of thiophene rings is 1. The second-order valence-electron chi connectivity index (χ2n) is 8.61. The van der Waals surface area contributed by atoms with Crippen LogP contribution in [0.2, 0.25) is 0 Å². The highest BCUT2D eigenvalue weighted by Crippen LogP contribution is 2.48. The first-order chi connectivity index (χ1) is 18.4. The SMILES string of the molecule is O=C(O)C[n+]1c(C=C2Sc3ccc(-c4cccs4)cc3N2CCCS(=O)(=O)[O-])sc2ccc(C(F)(F)F)cc21. The number of anilines is 1. The number of carboxylic acid groups (broad SMARTS) is 1. The monoisotopic (exact) mass is 612 g/mol.